The van der Waals surface area contributed by atoms with Crippen LogP contribution in [0.4, 0.5) is 0 Å². The van der Waals surface area contributed by atoms with E-state index in [0.29, 0.717) is 18.7 Å². The summed E-state index contributed by atoms with van der Waals surface area (Å²) in [5.41, 5.74) is 5.42. The Kier molecular flexibility index (Phi) is 4.73. The summed E-state index contributed by atoms with van der Waals surface area (Å²) in [4.78, 5) is 13.7. The van der Waals surface area contributed by atoms with E-state index in [4.69, 9.17) is 15.4 Å². The second kappa shape index (κ2) is 6.06. The zero-order valence-corrected chi connectivity index (χ0v) is 10.1. The molecule has 0 fully saturated rings. The van der Waals surface area contributed by atoms with Gasteiger partial charge in [0, 0.05) is 12.6 Å². The van der Waals surface area contributed by atoms with E-state index in [2.05, 4.69) is 0 Å². The van der Waals surface area contributed by atoms with Gasteiger partial charge in [-0.1, -0.05) is 0 Å². The number of nitriles is 1. The number of nitrogens with two attached hydrogens (primary N) is 1. The molecule has 0 aromatic carbocycles. The van der Waals surface area contributed by atoms with Gasteiger partial charge in [-0.05, 0) is 26.0 Å². The van der Waals surface area contributed by atoms with Gasteiger partial charge in [-0.2, -0.15) is 5.26 Å². The van der Waals surface area contributed by atoms with Gasteiger partial charge in [0.2, 0.25) is 0 Å². The average molecular weight is 235 g/mol. The van der Waals surface area contributed by atoms with Gasteiger partial charge in [0.1, 0.15) is 5.76 Å². The molecule has 0 aliphatic heterocycles. The smallest absolute Gasteiger partial charge is 0.289 e. The van der Waals surface area contributed by atoms with Gasteiger partial charge in [0.15, 0.2) is 5.76 Å². The topological polar surface area (TPSA) is 83.3 Å². The Morgan fingerprint density at radius 1 is 1.59 bits per heavy atom. The monoisotopic (exact) mass is 235 g/mol. The molecule has 0 radical (unpaired) electrons. The van der Waals surface area contributed by atoms with Gasteiger partial charge in [-0.3, -0.25) is 4.79 Å². The molecule has 5 heteroatoms. The normalized spacial score (nSPS) is 10.3. The maximum Gasteiger partial charge on any atom is 0.289 e. The number of amides is 1. The molecule has 2 N–H and O–H groups in total. The number of nitrogens with zero attached hydrogens (tertiary/aromatic N) is 2. The first-order valence-corrected chi connectivity index (χ1v) is 5.56. The average Bonchev–Trinajstić information content (AvgIpc) is 2.77. The molecule has 0 saturated carbocycles. The molecule has 1 heterocycles. The van der Waals surface area contributed by atoms with E-state index in [0.717, 1.165) is 0 Å². The van der Waals surface area contributed by atoms with Crippen LogP contribution in [0.1, 0.15) is 36.6 Å². The van der Waals surface area contributed by atoms with Crippen molar-refractivity contribution in [3.63, 3.8) is 0 Å². The Morgan fingerprint density at radius 2 is 2.29 bits per heavy atom. The number of rotatable bonds is 5. The summed E-state index contributed by atoms with van der Waals surface area (Å²) >= 11 is 0. The minimum Gasteiger partial charge on any atom is -0.455 e. The van der Waals surface area contributed by atoms with Gasteiger partial charge in [0.05, 0.1) is 19.0 Å². The van der Waals surface area contributed by atoms with Crippen LogP contribution in [0.2, 0.25) is 0 Å². The van der Waals surface area contributed by atoms with E-state index in [1.54, 1.807) is 17.0 Å². The maximum atomic E-state index is 12.1. The molecular weight excluding hydrogens is 218 g/mol. The van der Waals surface area contributed by atoms with Crippen LogP contribution in [0.15, 0.2) is 16.5 Å². The van der Waals surface area contributed by atoms with Crippen molar-refractivity contribution >= 4 is 5.91 Å². The fraction of sp³-hybridized carbons (Fsp3) is 0.500. The van der Waals surface area contributed by atoms with Gasteiger partial charge in [0.25, 0.3) is 5.91 Å². The predicted molar refractivity (Wildman–Crippen MR) is 63.0 cm³/mol. The van der Waals surface area contributed by atoms with E-state index in [1.165, 1.54) is 0 Å². The minimum atomic E-state index is -0.199. The van der Waals surface area contributed by atoms with E-state index >= 15 is 0 Å². The third-order valence-electron chi connectivity index (χ3n) is 2.42. The van der Waals surface area contributed by atoms with Crippen molar-refractivity contribution in [3.8, 4) is 6.07 Å². The van der Waals surface area contributed by atoms with Crippen molar-refractivity contribution in [2.45, 2.75) is 32.9 Å². The number of hydrogen-bond donors (Lipinski definition) is 1. The number of carbonyl (C=O) groups is 1. The molecule has 1 rings (SSSR count). The van der Waals surface area contributed by atoms with Crippen LogP contribution in [-0.2, 0) is 6.54 Å². The Labute approximate surface area is 101 Å². The molecule has 17 heavy (non-hydrogen) atoms. The summed E-state index contributed by atoms with van der Waals surface area (Å²) in [6, 6.07) is 5.37. The summed E-state index contributed by atoms with van der Waals surface area (Å²) in [5.74, 6) is 0.657. The standard InChI is InChI=1S/C12H17N3O2/c1-9(2)15(7-3-6-13)12(16)11-5-4-10(8-14)17-11/h4-5,9H,3,7-8,14H2,1-2H3. The van der Waals surface area contributed by atoms with Crippen LogP contribution in [0.5, 0.6) is 0 Å². The van der Waals surface area contributed by atoms with E-state index in [1.807, 2.05) is 19.9 Å². The third kappa shape index (κ3) is 3.33. The highest BCUT2D eigenvalue weighted by atomic mass is 16.4. The molecule has 1 aromatic rings. The van der Waals surface area contributed by atoms with Crippen molar-refractivity contribution in [2.24, 2.45) is 5.73 Å². The van der Waals surface area contributed by atoms with Crippen LogP contribution < -0.4 is 5.73 Å². The third-order valence-corrected chi connectivity index (χ3v) is 2.42. The first-order valence-electron chi connectivity index (χ1n) is 5.56. The molecule has 0 aliphatic carbocycles. The number of carbonyl (C=O) groups excluding carboxylic acids is 1. The summed E-state index contributed by atoms with van der Waals surface area (Å²) < 4.78 is 5.31. The summed E-state index contributed by atoms with van der Waals surface area (Å²) in [5, 5.41) is 8.56. The first kappa shape index (κ1) is 13.3. The number of furan rings is 1. The molecule has 0 saturated heterocycles. The summed E-state index contributed by atoms with van der Waals surface area (Å²) in [6.07, 6.45) is 0.314. The van der Waals surface area contributed by atoms with E-state index < -0.39 is 0 Å². The van der Waals surface area contributed by atoms with Crippen molar-refractivity contribution < 1.29 is 9.21 Å². The van der Waals surface area contributed by atoms with Gasteiger partial charge >= 0.3 is 0 Å². The molecule has 1 aromatic heterocycles. The minimum absolute atomic E-state index is 0.0299. The van der Waals surface area contributed by atoms with Gasteiger partial charge in [-0.25, -0.2) is 0 Å². The summed E-state index contributed by atoms with van der Waals surface area (Å²) in [6.45, 7) is 4.49. The molecule has 0 bridgehead atoms. The zero-order valence-electron chi connectivity index (χ0n) is 10.1. The van der Waals surface area contributed by atoms with Crippen molar-refractivity contribution in [1.29, 1.82) is 5.26 Å². The highest BCUT2D eigenvalue weighted by molar-refractivity contribution is 5.91. The van der Waals surface area contributed by atoms with Gasteiger partial charge in [-0.15, -0.1) is 0 Å². The first-order chi connectivity index (χ1) is 8.10. The fourth-order valence-corrected chi connectivity index (χ4v) is 1.51. The second-order valence-corrected chi connectivity index (χ2v) is 3.97. The van der Waals surface area contributed by atoms with Crippen LogP contribution >= 0.6 is 0 Å². The van der Waals surface area contributed by atoms with Crippen LogP contribution in [-0.4, -0.2) is 23.4 Å². The highest BCUT2D eigenvalue weighted by Crippen LogP contribution is 2.12. The lowest BCUT2D eigenvalue weighted by Crippen LogP contribution is -2.37. The molecule has 1 amide bonds. The van der Waals surface area contributed by atoms with E-state index in [-0.39, 0.29) is 24.3 Å². The van der Waals surface area contributed by atoms with Crippen LogP contribution in [0.25, 0.3) is 0 Å². The lowest BCUT2D eigenvalue weighted by molar-refractivity contribution is 0.0676. The lowest BCUT2D eigenvalue weighted by atomic mass is 10.2. The molecule has 0 unspecified atom stereocenters. The summed E-state index contributed by atoms with van der Waals surface area (Å²) in [7, 11) is 0. The Balaban J connectivity index is 2.80. The van der Waals surface area contributed by atoms with Crippen molar-refractivity contribution in [1.82, 2.24) is 4.90 Å². The molecule has 0 atom stereocenters. The second-order valence-electron chi connectivity index (χ2n) is 3.97. The van der Waals surface area contributed by atoms with Gasteiger partial charge < -0.3 is 15.1 Å². The lowest BCUT2D eigenvalue weighted by Gasteiger charge is -2.24. The Bertz CT molecular complexity index is 418. The SMILES string of the molecule is CC(C)N(CCC#N)C(=O)c1ccc(CN)o1. The van der Waals surface area contributed by atoms with Crippen molar-refractivity contribution in [2.75, 3.05) is 6.54 Å². The molecule has 0 spiro atoms. The van der Waals surface area contributed by atoms with E-state index in [9.17, 15) is 4.79 Å². The Hall–Kier alpha value is -1.80. The van der Waals surface area contributed by atoms with Crippen molar-refractivity contribution in [3.05, 3.63) is 23.7 Å². The molecule has 0 aliphatic rings. The predicted octanol–water partition coefficient (Wildman–Crippen LogP) is 1.50. The largest absolute Gasteiger partial charge is 0.455 e. The molecule has 5 nitrogen and oxygen atoms in total. The maximum absolute atomic E-state index is 12.1. The molecule has 92 valence electrons. The van der Waals surface area contributed by atoms with Crippen LogP contribution in [0.3, 0.4) is 0 Å². The quantitative estimate of drug-likeness (QED) is 0.838. The molecular formula is C12H17N3O2. The Morgan fingerprint density at radius 3 is 2.76 bits per heavy atom. The van der Waals surface area contributed by atoms with Crippen LogP contribution in [0, 0.1) is 11.3 Å². The highest BCUT2D eigenvalue weighted by Gasteiger charge is 2.21. The zero-order chi connectivity index (χ0) is 12.8. The number of hydrogen-bond acceptors (Lipinski definition) is 4. The fourth-order valence-electron chi connectivity index (χ4n) is 1.51.